The summed E-state index contributed by atoms with van der Waals surface area (Å²) in [7, 11) is 0. The second-order valence-electron chi connectivity index (χ2n) is 3.67. The van der Waals surface area contributed by atoms with E-state index in [2.05, 4.69) is 19.1 Å². The fraction of sp³-hybridized carbons (Fsp3) is 0.500. The highest BCUT2D eigenvalue weighted by Gasteiger charge is 1.98. The van der Waals surface area contributed by atoms with E-state index in [4.69, 9.17) is 10.5 Å². The Morgan fingerprint density at radius 3 is 2.43 bits per heavy atom. The van der Waals surface area contributed by atoms with E-state index < -0.39 is 0 Å². The Morgan fingerprint density at radius 2 is 1.93 bits per heavy atom. The van der Waals surface area contributed by atoms with Crippen molar-refractivity contribution in [3.05, 3.63) is 29.8 Å². The van der Waals surface area contributed by atoms with E-state index in [-0.39, 0.29) is 6.04 Å². The first kappa shape index (κ1) is 11.1. The molecule has 78 valence electrons. The maximum Gasteiger partial charge on any atom is 0.119 e. The van der Waals surface area contributed by atoms with Crippen LogP contribution in [0.3, 0.4) is 0 Å². The summed E-state index contributed by atoms with van der Waals surface area (Å²) in [5.41, 5.74) is 6.98. The average molecular weight is 193 g/mol. The van der Waals surface area contributed by atoms with Crippen LogP contribution in [0.1, 0.15) is 25.8 Å². The van der Waals surface area contributed by atoms with Crippen LogP contribution < -0.4 is 10.5 Å². The van der Waals surface area contributed by atoms with Gasteiger partial charge in [0.2, 0.25) is 0 Å². The molecule has 2 nitrogen and oxygen atoms in total. The fourth-order valence-corrected chi connectivity index (χ4v) is 1.31. The lowest BCUT2D eigenvalue weighted by molar-refractivity contribution is 0.317. The molecule has 0 aromatic heterocycles. The summed E-state index contributed by atoms with van der Waals surface area (Å²) < 4.78 is 5.48. The van der Waals surface area contributed by atoms with Gasteiger partial charge in [-0.15, -0.1) is 0 Å². The molecule has 0 heterocycles. The van der Waals surface area contributed by atoms with E-state index in [0.29, 0.717) is 0 Å². The number of nitrogens with two attached hydrogens (primary N) is 1. The molecule has 1 aromatic rings. The van der Waals surface area contributed by atoms with Crippen molar-refractivity contribution in [3.63, 3.8) is 0 Å². The van der Waals surface area contributed by atoms with Gasteiger partial charge in [0.15, 0.2) is 0 Å². The molecule has 0 aliphatic heterocycles. The van der Waals surface area contributed by atoms with E-state index in [9.17, 15) is 0 Å². The van der Waals surface area contributed by atoms with Crippen LogP contribution in [0.25, 0.3) is 0 Å². The smallest absolute Gasteiger partial charge is 0.119 e. The van der Waals surface area contributed by atoms with E-state index >= 15 is 0 Å². The minimum Gasteiger partial charge on any atom is -0.494 e. The number of hydrogen-bond donors (Lipinski definition) is 1. The lowest BCUT2D eigenvalue weighted by Crippen LogP contribution is -2.17. The molecule has 0 aliphatic rings. The van der Waals surface area contributed by atoms with Gasteiger partial charge >= 0.3 is 0 Å². The van der Waals surface area contributed by atoms with Gasteiger partial charge in [-0.2, -0.15) is 0 Å². The van der Waals surface area contributed by atoms with E-state index in [1.54, 1.807) is 0 Å². The minimum absolute atomic E-state index is 0.220. The predicted octanol–water partition coefficient (Wildman–Crippen LogP) is 2.37. The van der Waals surface area contributed by atoms with Crippen LogP contribution in [0.2, 0.25) is 0 Å². The van der Waals surface area contributed by atoms with Gasteiger partial charge in [-0.3, -0.25) is 0 Å². The molecular formula is C12H19NO. The number of rotatable bonds is 5. The van der Waals surface area contributed by atoms with Crippen LogP contribution in [0.4, 0.5) is 0 Å². The Morgan fingerprint density at radius 1 is 1.29 bits per heavy atom. The number of benzene rings is 1. The Labute approximate surface area is 86.1 Å². The lowest BCUT2D eigenvalue weighted by atomic mass is 10.1. The van der Waals surface area contributed by atoms with E-state index in [1.165, 1.54) is 5.56 Å². The van der Waals surface area contributed by atoms with E-state index in [1.807, 2.05) is 19.1 Å². The van der Waals surface area contributed by atoms with Crippen molar-refractivity contribution in [2.24, 2.45) is 5.73 Å². The van der Waals surface area contributed by atoms with Crippen LogP contribution in [0, 0.1) is 0 Å². The fourth-order valence-electron chi connectivity index (χ4n) is 1.31. The SMILES string of the molecule is CCCOc1ccc(C[C@H](C)N)cc1. The third kappa shape index (κ3) is 3.79. The highest BCUT2D eigenvalue weighted by Crippen LogP contribution is 2.13. The standard InChI is InChI=1S/C12H19NO/c1-3-8-14-12-6-4-11(5-7-12)9-10(2)13/h4-7,10H,3,8-9,13H2,1-2H3/t10-/m0/s1. The molecule has 1 atom stereocenters. The second-order valence-corrected chi connectivity index (χ2v) is 3.67. The minimum atomic E-state index is 0.220. The van der Waals surface area contributed by atoms with Crippen molar-refractivity contribution in [3.8, 4) is 5.75 Å². The Balaban J connectivity index is 2.50. The maximum atomic E-state index is 5.71. The molecule has 14 heavy (non-hydrogen) atoms. The van der Waals surface area contributed by atoms with Gasteiger partial charge < -0.3 is 10.5 Å². The van der Waals surface area contributed by atoms with Crippen molar-refractivity contribution < 1.29 is 4.74 Å². The van der Waals surface area contributed by atoms with Crippen molar-refractivity contribution >= 4 is 0 Å². The molecule has 0 radical (unpaired) electrons. The van der Waals surface area contributed by atoms with Crippen LogP contribution in [-0.4, -0.2) is 12.6 Å². The normalized spacial score (nSPS) is 12.5. The molecule has 2 N–H and O–H groups in total. The maximum absolute atomic E-state index is 5.71. The Bertz CT molecular complexity index is 254. The molecule has 0 bridgehead atoms. The van der Waals surface area contributed by atoms with Crippen LogP contribution >= 0.6 is 0 Å². The predicted molar refractivity (Wildman–Crippen MR) is 59.6 cm³/mol. The summed E-state index contributed by atoms with van der Waals surface area (Å²) in [5, 5.41) is 0. The summed E-state index contributed by atoms with van der Waals surface area (Å²) in [6, 6.07) is 8.39. The molecule has 0 amide bonds. The first-order valence-corrected chi connectivity index (χ1v) is 5.19. The highest BCUT2D eigenvalue weighted by atomic mass is 16.5. The zero-order valence-electron chi connectivity index (χ0n) is 8.99. The zero-order chi connectivity index (χ0) is 10.4. The summed E-state index contributed by atoms with van der Waals surface area (Å²) in [4.78, 5) is 0. The summed E-state index contributed by atoms with van der Waals surface area (Å²) in [6.45, 7) is 4.90. The van der Waals surface area contributed by atoms with Crippen molar-refractivity contribution in [2.45, 2.75) is 32.7 Å². The van der Waals surface area contributed by atoms with Gasteiger partial charge in [0.05, 0.1) is 6.61 Å². The largest absolute Gasteiger partial charge is 0.494 e. The third-order valence-electron chi connectivity index (χ3n) is 1.95. The van der Waals surface area contributed by atoms with Crippen molar-refractivity contribution in [1.82, 2.24) is 0 Å². The monoisotopic (exact) mass is 193 g/mol. The van der Waals surface area contributed by atoms with Gasteiger partial charge in [0.1, 0.15) is 5.75 Å². The van der Waals surface area contributed by atoms with Gasteiger partial charge in [0.25, 0.3) is 0 Å². The van der Waals surface area contributed by atoms with Crippen LogP contribution in [0.5, 0.6) is 5.75 Å². The Kier molecular flexibility index (Phi) is 4.47. The second kappa shape index (κ2) is 5.66. The van der Waals surface area contributed by atoms with Crippen molar-refractivity contribution in [2.75, 3.05) is 6.61 Å². The summed E-state index contributed by atoms with van der Waals surface area (Å²) >= 11 is 0. The highest BCUT2D eigenvalue weighted by molar-refractivity contribution is 5.27. The van der Waals surface area contributed by atoms with Crippen LogP contribution in [0.15, 0.2) is 24.3 Å². The molecule has 2 heteroatoms. The molecule has 0 saturated carbocycles. The zero-order valence-corrected chi connectivity index (χ0v) is 8.99. The molecule has 1 aromatic carbocycles. The lowest BCUT2D eigenvalue weighted by Gasteiger charge is -2.07. The number of ether oxygens (including phenoxy) is 1. The summed E-state index contributed by atoms with van der Waals surface area (Å²) in [6.07, 6.45) is 1.97. The van der Waals surface area contributed by atoms with Gasteiger partial charge in [-0.05, 0) is 37.5 Å². The molecule has 1 rings (SSSR count). The van der Waals surface area contributed by atoms with Gasteiger partial charge in [-0.25, -0.2) is 0 Å². The first-order chi connectivity index (χ1) is 6.72. The quantitative estimate of drug-likeness (QED) is 0.779. The topological polar surface area (TPSA) is 35.2 Å². The van der Waals surface area contributed by atoms with Crippen molar-refractivity contribution in [1.29, 1.82) is 0 Å². The molecule has 0 fully saturated rings. The van der Waals surface area contributed by atoms with E-state index in [0.717, 1.165) is 25.2 Å². The van der Waals surface area contributed by atoms with Crippen LogP contribution in [-0.2, 0) is 6.42 Å². The molecular weight excluding hydrogens is 174 g/mol. The third-order valence-corrected chi connectivity index (χ3v) is 1.95. The Hall–Kier alpha value is -1.02. The average Bonchev–Trinajstić information content (AvgIpc) is 2.16. The molecule has 0 unspecified atom stereocenters. The molecule has 0 saturated heterocycles. The van der Waals surface area contributed by atoms with Gasteiger partial charge in [0, 0.05) is 6.04 Å². The molecule has 0 spiro atoms. The first-order valence-electron chi connectivity index (χ1n) is 5.19. The van der Waals surface area contributed by atoms with Gasteiger partial charge in [-0.1, -0.05) is 19.1 Å². The summed E-state index contributed by atoms with van der Waals surface area (Å²) in [5.74, 6) is 0.945. The number of hydrogen-bond acceptors (Lipinski definition) is 2. The molecule has 0 aliphatic carbocycles.